The fourth-order valence-electron chi connectivity index (χ4n) is 3.32. The molecule has 3 rings (SSSR count). The molecule has 0 radical (unpaired) electrons. The number of hydrazine groups is 1. The van der Waals surface area contributed by atoms with E-state index in [9.17, 15) is 17.6 Å². The van der Waals surface area contributed by atoms with Gasteiger partial charge in [0.15, 0.2) is 0 Å². The van der Waals surface area contributed by atoms with Gasteiger partial charge >= 0.3 is 0 Å². The van der Waals surface area contributed by atoms with Crippen LogP contribution in [0.5, 0.6) is 0 Å². The Morgan fingerprint density at radius 1 is 1.00 bits per heavy atom. The number of hydrogen-bond acceptors (Lipinski definition) is 4. The van der Waals surface area contributed by atoms with E-state index in [-0.39, 0.29) is 22.6 Å². The standard InChI is InChI=1S/C20H23ClFN3O3S/c21-16-5-9-18(10-6-16)24-25-20(26)15-3-1-14(2-4-15)13-23-29(27,28)19-11-7-17(22)8-12-19/h5-12,14-15,23-24H,1-4,13H2,(H,25,26). The third-order valence-electron chi connectivity index (χ3n) is 5.08. The van der Waals surface area contributed by atoms with Gasteiger partial charge < -0.3 is 0 Å². The van der Waals surface area contributed by atoms with E-state index in [0.29, 0.717) is 24.4 Å². The van der Waals surface area contributed by atoms with Crippen LogP contribution < -0.4 is 15.6 Å². The molecule has 1 amide bonds. The maximum absolute atomic E-state index is 13.0. The minimum atomic E-state index is -3.66. The Morgan fingerprint density at radius 3 is 2.24 bits per heavy atom. The Kier molecular flexibility index (Phi) is 7.10. The number of sulfonamides is 1. The smallest absolute Gasteiger partial charge is 0.241 e. The van der Waals surface area contributed by atoms with Gasteiger partial charge in [0.1, 0.15) is 5.82 Å². The number of anilines is 1. The van der Waals surface area contributed by atoms with Gasteiger partial charge in [-0.2, -0.15) is 0 Å². The highest BCUT2D eigenvalue weighted by Gasteiger charge is 2.27. The SMILES string of the molecule is O=C(NNc1ccc(Cl)cc1)C1CCC(CNS(=O)(=O)c2ccc(F)cc2)CC1. The number of amides is 1. The summed E-state index contributed by atoms with van der Waals surface area (Å²) in [4.78, 5) is 12.4. The lowest BCUT2D eigenvalue weighted by atomic mass is 9.82. The molecule has 156 valence electrons. The van der Waals surface area contributed by atoms with Gasteiger partial charge in [-0.05, 0) is 80.1 Å². The lowest BCUT2D eigenvalue weighted by Crippen LogP contribution is -2.38. The summed E-state index contributed by atoms with van der Waals surface area (Å²) in [5, 5.41) is 0.621. The van der Waals surface area contributed by atoms with E-state index in [1.807, 2.05) is 0 Å². The molecule has 1 aliphatic rings. The number of nitrogens with one attached hydrogen (secondary N) is 3. The molecule has 0 saturated heterocycles. The van der Waals surface area contributed by atoms with Crippen LogP contribution in [0, 0.1) is 17.7 Å². The molecule has 0 atom stereocenters. The number of carbonyl (C=O) groups excluding carboxylic acids is 1. The molecule has 1 aliphatic carbocycles. The zero-order valence-corrected chi connectivity index (χ0v) is 17.3. The molecule has 3 N–H and O–H groups in total. The van der Waals surface area contributed by atoms with Crippen molar-refractivity contribution in [1.29, 1.82) is 0 Å². The highest BCUT2D eigenvalue weighted by Crippen LogP contribution is 2.29. The molecule has 0 aliphatic heterocycles. The number of halogens is 2. The largest absolute Gasteiger partial charge is 0.299 e. The Hall–Kier alpha value is -2.16. The minimum absolute atomic E-state index is 0.0419. The first-order chi connectivity index (χ1) is 13.8. The summed E-state index contributed by atoms with van der Waals surface area (Å²) in [5.74, 6) is -0.505. The zero-order valence-electron chi connectivity index (χ0n) is 15.7. The van der Waals surface area contributed by atoms with Crippen molar-refractivity contribution in [3.05, 3.63) is 59.4 Å². The van der Waals surface area contributed by atoms with Gasteiger partial charge in [0, 0.05) is 17.5 Å². The van der Waals surface area contributed by atoms with Gasteiger partial charge in [-0.15, -0.1) is 0 Å². The topological polar surface area (TPSA) is 87.3 Å². The lowest BCUT2D eigenvalue weighted by Gasteiger charge is -2.28. The van der Waals surface area contributed by atoms with Crippen molar-refractivity contribution in [1.82, 2.24) is 10.1 Å². The molecule has 2 aromatic rings. The fourth-order valence-corrected chi connectivity index (χ4v) is 4.56. The highest BCUT2D eigenvalue weighted by molar-refractivity contribution is 7.89. The number of rotatable bonds is 7. The molecule has 0 bridgehead atoms. The van der Waals surface area contributed by atoms with E-state index < -0.39 is 15.8 Å². The van der Waals surface area contributed by atoms with Gasteiger partial charge in [0.25, 0.3) is 0 Å². The summed E-state index contributed by atoms with van der Waals surface area (Å²) in [6.45, 7) is 0.303. The van der Waals surface area contributed by atoms with Crippen LogP contribution in [-0.2, 0) is 14.8 Å². The average molecular weight is 440 g/mol. The molecule has 0 heterocycles. The van der Waals surface area contributed by atoms with Crippen LogP contribution in [0.3, 0.4) is 0 Å². The zero-order chi connectivity index (χ0) is 20.9. The predicted octanol–water partition coefficient (Wildman–Crippen LogP) is 3.71. The predicted molar refractivity (Wildman–Crippen MR) is 110 cm³/mol. The maximum atomic E-state index is 13.0. The summed E-state index contributed by atoms with van der Waals surface area (Å²) >= 11 is 5.83. The molecule has 2 aromatic carbocycles. The molecule has 29 heavy (non-hydrogen) atoms. The van der Waals surface area contributed by atoms with Crippen LogP contribution >= 0.6 is 11.6 Å². The van der Waals surface area contributed by atoms with Crippen molar-refractivity contribution in [2.24, 2.45) is 11.8 Å². The van der Waals surface area contributed by atoms with Crippen molar-refractivity contribution in [2.45, 2.75) is 30.6 Å². The molecule has 1 saturated carbocycles. The molecule has 1 fully saturated rings. The maximum Gasteiger partial charge on any atom is 0.241 e. The molecule has 0 aromatic heterocycles. The Morgan fingerprint density at radius 2 is 1.62 bits per heavy atom. The van der Waals surface area contributed by atoms with Crippen molar-refractivity contribution in [3.63, 3.8) is 0 Å². The number of benzene rings is 2. The molecular formula is C20H23ClFN3O3S. The van der Waals surface area contributed by atoms with Crippen molar-refractivity contribution in [2.75, 3.05) is 12.0 Å². The fraction of sp³-hybridized carbons (Fsp3) is 0.350. The van der Waals surface area contributed by atoms with Crippen LogP contribution in [-0.4, -0.2) is 20.9 Å². The quantitative estimate of drug-likeness (QED) is 0.574. The first kappa shape index (κ1) is 21.5. The van der Waals surface area contributed by atoms with Gasteiger partial charge in [-0.25, -0.2) is 17.5 Å². The third-order valence-corrected chi connectivity index (χ3v) is 6.77. The van der Waals surface area contributed by atoms with E-state index in [1.54, 1.807) is 24.3 Å². The molecule has 0 unspecified atom stereocenters. The Labute approximate surface area is 174 Å². The normalized spacial score (nSPS) is 19.5. The summed E-state index contributed by atoms with van der Waals surface area (Å²) in [6.07, 6.45) is 2.89. The summed E-state index contributed by atoms with van der Waals surface area (Å²) in [6, 6.07) is 11.7. The second-order valence-corrected chi connectivity index (χ2v) is 9.35. The molecule has 0 spiro atoms. The lowest BCUT2D eigenvalue weighted by molar-refractivity contribution is -0.125. The van der Waals surface area contributed by atoms with Gasteiger partial charge in [0.2, 0.25) is 15.9 Å². The first-order valence-corrected chi connectivity index (χ1v) is 11.3. The summed E-state index contributed by atoms with van der Waals surface area (Å²) < 4.78 is 40.1. The monoisotopic (exact) mass is 439 g/mol. The second kappa shape index (κ2) is 9.56. The van der Waals surface area contributed by atoms with Crippen molar-refractivity contribution in [3.8, 4) is 0 Å². The Bertz CT molecular complexity index is 928. The van der Waals surface area contributed by atoms with Crippen LogP contribution in [0.25, 0.3) is 0 Å². The van der Waals surface area contributed by atoms with Gasteiger partial charge in [-0.1, -0.05) is 11.6 Å². The van der Waals surface area contributed by atoms with E-state index >= 15 is 0 Å². The van der Waals surface area contributed by atoms with E-state index in [4.69, 9.17) is 11.6 Å². The molecular weight excluding hydrogens is 417 g/mol. The third kappa shape index (κ3) is 6.16. The van der Waals surface area contributed by atoms with Crippen LogP contribution in [0.4, 0.5) is 10.1 Å². The highest BCUT2D eigenvalue weighted by atomic mass is 35.5. The van der Waals surface area contributed by atoms with Crippen molar-refractivity contribution < 1.29 is 17.6 Å². The number of carbonyl (C=O) groups is 1. The van der Waals surface area contributed by atoms with Crippen molar-refractivity contribution >= 4 is 33.2 Å². The van der Waals surface area contributed by atoms with Crippen LogP contribution in [0.1, 0.15) is 25.7 Å². The average Bonchev–Trinajstić information content (AvgIpc) is 2.72. The number of hydrogen-bond donors (Lipinski definition) is 3. The minimum Gasteiger partial charge on any atom is -0.299 e. The molecule has 6 nitrogen and oxygen atoms in total. The van der Waals surface area contributed by atoms with Gasteiger partial charge in [-0.3, -0.25) is 15.6 Å². The van der Waals surface area contributed by atoms with Crippen LogP contribution in [0.15, 0.2) is 53.4 Å². The molecule has 9 heteroatoms. The summed E-state index contributed by atoms with van der Waals surface area (Å²) in [7, 11) is -3.66. The second-order valence-electron chi connectivity index (χ2n) is 7.14. The first-order valence-electron chi connectivity index (χ1n) is 9.40. The van der Waals surface area contributed by atoms with E-state index in [0.717, 1.165) is 30.7 Å². The summed E-state index contributed by atoms with van der Waals surface area (Å²) in [5.41, 5.74) is 6.32. The van der Waals surface area contributed by atoms with E-state index in [2.05, 4.69) is 15.6 Å². The van der Waals surface area contributed by atoms with Gasteiger partial charge in [0.05, 0.1) is 10.6 Å². The Balaban J connectivity index is 1.42. The van der Waals surface area contributed by atoms with Crippen LogP contribution in [0.2, 0.25) is 5.02 Å². The van der Waals surface area contributed by atoms with E-state index in [1.165, 1.54) is 12.1 Å².